The summed E-state index contributed by atoms with van der Waals surface area (Å²) in [6.07, 6.45) is -0.557. The first kappa shape index (κ1) is 46.5. The molecule has 2 unspecified atom stereocenters. The molecule has 3 amide bonds. The van der Waals surface area contributed by atoms with Crippen molar-refractivity contribution in [3.63, 3.8) is 0 Å². The number of carbonyl (C=O) groups is 5. The van der Waals surface area contributed by atoms with Gasteiger partial charge in [-0.3, -0.25) is 9.59 Å². The molecule has 0 radical (unpaired) electrons. The predicted molar refractivity (Wildman–Crippen MR) is 249 cm³/mol. The van der Waals surface area contributed by atoms with Crippen molar-refractivity contribution in [1.82, 2.24) is 25.0 Å². The van der Waals surface area contributed by atoms with Gasteiger partial charge < -0.3 is 48.5 Å². The van der Waals surface area contributed by atoms with E-state index in [1.807, 2.05) is 61.5 Å². The highest BCUT2D eigenvalue weighted by atomic mass is 16.6. The van der Waals surface area contributed by atoms with Crippen molar-refractivity contribution >= 4 is 30.0 Å². The number of amides is 3. The summed E-state index contributed by atoms with van der Waals surface area (Å²) in [5, 5.41) is 12.9. The number of carboxylic acids is 1. The summed E-state index contributed by atoms with van der Waals surface area (Å²) in [5.41, 5.74) is 6.72. The summed E-state index contributed by atoms with van der Waals surface area (Å²) in [6, 6.07) is 39.5. The number of hydrogen-bond donors (Lipinski definition) is 2. The maximum absolute atomic E-state index is 13.4. The maximum atomic E-state index is 13.4. The fraction of sp³-hybridized carbons (Fsp3) is 0.269. The van der Waals surface area contributed by atoms with Crippen molar-refractivity contribution in [3.8, 4) is 34.1 Å². The number of esters is 1. The standard InChI is InChI=1S/C31H29N3O7.C21H22N2O4/c1-21-26(32-28(40-21)22-9-4-2-5-10-22)15-18-39-25-14-8-11-23(19-25)29(35)34-17-16-33(20-27(34)30(36)37)31(38)41-24-12-6-3-7-13-24;1-26-20(24)19-12-23(11-10-22-19)21(25)27-13-18-16-8-4-2-6-14(16)15-7-3-5-9-17(15)18/h2-14,19,27H,15-18,20H2,1H3,(H,36,37);2-9,18-19,22H,10-13H2,1H3. The summed E-state index contributed by atoms with van der Waals surface area (Å²) in [6.45, 7) is 3.72. The van der Waals surface area contributed by atoms with E-state index in [9.17, 15) is 29.1 Å². The van der Waals surface area contributed by atoms with Gasteiger partial charge in [-0.05, 0) is 71.6 Å². The lowest BCUT2D eigenvalue weighted by molar-refractivity contribution is -0.145. The number of nitrogens with zero attached hydrogens (tertiary/aromatic N) is 4. The Balaban J connectivity index is 0.000000200. The van der Waals surface area contributed by atoms with Crippen LogP contribution in [0.25, 0.3) is 22.6 Å². The molecule has 68 heavy (non-hydrogen) atoms. The normalized spacial score (nSPS) is 16.4. The number of aryl methyl sites for hydroxylation is 1. The van der Waals surface area contributed by atoms with E-state index >= 15 is 0 Å². The number of aromatic nitrogens is 1. The zero-order chi connectivity index (χ0) is 47.6. The van der Waals surface area contributed by atoms with Crippen LogP contribution in [0.1, 0.15) is 38.9 Å². The molecule has 2 aliphatic heterocycles. The quantitative estimate of drug-likeness (QED) is 0.126. The van der Waals surface area contributed by atoms with Crippen molar-refractivity contribution in [3.05, 3.63) is 162 Å². The second kappa shape index (κ2) is 21.5. The van der Waals surface area contributed by atoms with Crippen molar-refractivity contribution in [2.45, 2.75) is 31.3 Å². The zero-order valence-corrected chi connectivity index (χ0v) is 37.6. The monoisotopic (exact) mass is 921 g/mol. The number of fused-ring (bicyclic) bond motifs is 3. The predicted octanol–water partition coefficient (Wildman–Crippen LogP) is 7.06. The number of aliphatic carboxylic acids is 1. The molecular weight excluding hydrogens is 871 g/mol. The van der Waals surface area contributed by atoms with Gasteiger partial charge in [0, 0.05) is 49.6 Å². The van der Waals surface area contributed by atoms with Crippen LogP contribution in [0.2, 0.25) is 0 Å². The van der Waals surface area contributed by atoms with E-state index in [-0.39, 0.29) is 50.2 Å². The van der Waals surface area contributed by atoms with Crippen LogP contribution in [0, 0.1) is 6.92 Å². The number of para-hydroxylation sites is 1. The molecule has 2 saturated heterocycles. The molecule has 1 aromatic heterocycles. The Hall–Kier alpha value is -7.98. The molecule has 16 heteroatoms. The van der Waals surface area contributed by atoms with Crippen LogP contribution in [-0.4, -0.2) is 126 Å². The number of ether oxygens (including phenoxy) is 4. The van der Waals surface area contributed by atoms with Gasteiger partial charge in [0.05, 0.1) is 32.5 Å². The Morgan fingerprint density at radius 1 is 0.750 bits per heavy atom. The summed E-state index contributed by atoms with van der Waals surface area (Å²) in [4.78, 5) is 71.0. The summed E-state index contributed by atoms with van der Waals surface area (Å²) < 4.78 is 27.5. The largest absolute Gasteiger partial charge is 0.493 e. The molecule has 0 spiro atoms. The van der Waals surface area contributed by atoms with E-state index in [1.54, 1.807) is 59.5 Å². The van der Waals surface area contributed by atoms with Crippen molar-refractivity contribution in [2.24, 2.45) is 0 Å². The zero-order valence-electron chi connectivity index (χ0n) is 37.6. The van der Waals surface area contributed by atoms with Crippen LogP contribution < -0.4 is 14.8 Å². The molecular formula is C52H51N5O11. The first-order chi connectivity index (χ1) is 33.1. The molecule has 16 nitrogen and oxygen atoms in total. The summed E-state index contributed by atoms with van der Waals surface area (Å²) in [7, 11) is 1.34. The molecule has 350 valence electrons. The van der Waals surface area contributed by atoms with E-state index < -0.39 is 36.1 Å². The Kier molecular flexibility index (Phi) is 14.8. The third-order valence-corrected chi connectivity index (χ3v) is 12.0. The van der Waals surface area contributed by atoms with Crippen LogP contribution in [-0.2, 0) is 25.5 Å². The van der Waals surface area contributed by atoms with Gasteiger partial charge in [0.25, 0.3) is 5.91 Å². The lowest BCUT2D eigenvalue weighted by Crippen LogP contribution is -2.59. The molecule has 0 saturated carbocycles. The number of hydrogen-bond acceptors (Lipinski definition) is 12. The Morgan fingerprint density at radius 3 is 2.09 bits per heavy atom. The topological polar surface area (TPSA) is 190 Å². The number of rotatable bonds is 11. The molecule has 9 rings (SSSR count). The summed E-state index contributed by atoms with van der Waals surface area (Å²) in [5.74, 6) is 0.0775. The van der Waals surface area contributed by atoms with Crippen LogP contribution in [0.5, 0.6) is 11.5 Å². The minimum atomic E-state index is -1.22. The van der Waals surface area contributed by atoms with Gasteiger partial charge >= 0.3 is 24.1 Å². The van der Waals surface area contributed by atoms with Crippen LogP contribution in [0.3, 0.4) is 0 Å². The molecule has 5 aromatic carbocycles. The highest BCUT2D eigenvalue weighted by Crippen LogP contribution is 2.44. The Morgan fingerprint density at radius 2 is 1.40 bits per heavy atom. The molecule has 2 atom stereocenters. The van der Waals surface area contributed by atoms with E-state index in [0.717, 1.165) is 11.3 Å². The highest BCUT2D eigenvalue weighted by molar-refractivity contribution is 5.97. The number of benzene rings is 5. The molecule has 2 fully saturated rings. The lowest BCUT2D eigenvalue weighted by atomic mass is 9.98. The van der Waals surface area contributed by atoms with Crippen molar-refractivity contribution < 1.29 is 52.4 Å². The molecule has 3 aliphatic rings. The number of oxazole rings is 1. The molecule has 3 heterocycles. The average molecular weight is 922 g/mol. The van der Waals surface area contributed by atoms with Crippen LogP contribution in [0.15, 0.2) is 138 Å². The second-order valence-corrected chi connectivity index (χ2v) is 16.3. The maximum Gasteiger partial charge on any atom is 0.415 e. The number of methoxy groups -OCH3 is 1. The van der Waals surface area contributed by atoms with Gasteiger partial charge in [0.2, 0.25) is 5.89 Å². The molecule has 6 aromatic rings. The van der Waals surface area contributed by atoms with E-state index in [1.165, 1.54) is 39.2 Å². The fourth-order valence-electron chi connectivity index (χ4n) is 8.47. The molecule has 2 N–H and O–H groups in total. The second-order valence-electron chi connectivity index (χ2n) is 16.3. The summed E-state index contributed by atoms with van der Waals surface area (Å²) >= 11 is 0. The van der Waals surface area contributed by atoms with Gasteiger partial charge in [0.1, 0.15) is 35.9 Å². The molecule has 0 bridgehead atoms. The van der Waals surface area contributed by atoms with E-state index in [4.69, 9.17) is 23.4 Å². The average Bonchev–Trinajstić information content (AvgIpc) is 3.92. The smallest absolute Gasteiger partial charge is 0.415 e. The van der Waals surface area contributed by atoms with Crippen molar-refractivity contribution in [1.29, 1.82) is 0 Å². The number of carbonyl (C=O) groups excluding carboxylic acids is 4. The van der Waals surface area contributed by atoms with Gasteiger partial charge in [-0.15, -0.1) is 0 Å². The number of piperazine rings is 2. The third kappa shape index (κ3) is 10.8. The Labute approximate surface area is 393 Å². The minimum absolute atomic E-state index is 0.0284. The van der Waals surface area contributed by atoms with Gasteiger partial charge in [-0.25, -0.2) is 19.4 Å². The van der Waals surface area contributed by atoms with Gasteiger partial charge in [-0.2, -0.15) is 0 Å². The van der Waals surface area contributed by atoms with E-state index in [0.29, 0.717) is 49.3 Å². The SMILES string of the molecule is COC(=O)C1CN(C(=O)OCC2c3ccccc3-c3ccccc32)CCN1.Cc1oc(-c2ccccc2)nc1CCOc1cccc(C(=O)N2CCN(C(=O)Oc3ccccc3)CC2C(=O)O)c1. The highest BCUT2D eigenvalue weighted by Gasteiger charge is 2.38. The number of carboxylic acid groups (broad SMARTS) is 1. The van der Waals surface area contributed by atoms with Crippen molar-refractivity contribution in [2.75, 3.05) is 59.6 Å². The number of nitrogens with one attached hydrogen (secondary N) is 1. The van der Waals surface area contributed by atoms with Crippen LogP contribution in [0.4, 0.5) is 9.59 Å². The molecule has 1 aliphatic carbocycles. The first-order valence-electron chi connectivity index (χ1n) is 22.3. The minimum Gasteiger partial charge on any atom is -0.493 e. The van der Waals surface area contributed by atoms with Gasteiger partial charge in [0.15, 0.2) is 0 Å². The van der Waals surface area contributed by atoms with Gasteiger partial charge in [-0.1, -0.05) is 91.0 Å². The third-order valence-electron chi connectivity index (χ3n) is 12.0. The van der Waals surface area contributed by atoms with E-state index in [2.05, 4.69) is 34.6 Å². The van der Waals surface area contributed by atoms with Crippen LogP contribution >= 0.6 is 0 Å². The first-order valence-corrected chi connectivity index (χ1v) is 22.3. The lowest BCUT2D eigenvalue weighted by Gasteiger charge is -2.38. The Bertz CT molecular complexity index is 2700. The fourth-order valence-corrected chi connectivity index (χ4v) is 8.47.